The van der Waals surface area contributed by atoms with Gasteiger partial charge in [-0.25, -0.2) is 4.39 Å². The van der Waals surface area contributed by atoms with E-state index in [1.54, 1.807) is 6.07 Å². The molecule has 3 N–H and O–H groups in total. The van der Waals surface area contributed by atoms with E-state index in [2.05, 4.69) is 24.1 Å². The lowest BCUT2D eigenvalue weighted by Gasteiger charge is -2.33. The fraction of sp³-hybridized carbons (Fsp3) is 0.500. The van der Waals surface area contributed by atoms with Gasteiger partial charge in [0.25, 0.3) is 0 Å². The Morgan fingerprint density at radius 1 is 1.41 bits per heavy atom. The molecule has 0 saturated carbocycles. The van der Waals surface area contributed by atoms with Crippen LogP contribution in [0.15, 0.2) is 12.1 Å². The first kappa shape index (κ1) is 14.5. The minimum absolute atomic E-state index is 0.0219. The number of halogens is 2. The summed E-state index contributed by atoms with van der Waals surface area (Å²) in [4.78, 5) is 2.11. The van der Waals surface area contributed by atoms with Crippen molar-refractivity contribution in [2.45, 2.75) is 19.4 Å². The maximum atomic E-state index is 13.4. The average molecular weight is 351 g/mol. The molecule has 5 heteroatoms. The van der Waals surface area contributed by atoms with Crippen molar-refractivity contribution in [3.63, 3.8) is 0 Å². The lowest BCUT2D eigenvalue weighted by molar-refractivity contribution is 0.210. The fourth-order valence-corrected chi connectivity index (χ4v) is 1.68. The van der Waals surface area contributed by atoms with Crippen molar-refractivity contribution in [3.8, 4) is 0 Å². The molecule has 0 aliphatic rings. The number of anilines is 2. The van der Waals surface area contributed by atoms with Gasteiger partial charge in [-0.3, -0.25) is 0 Å². The first-order valence-corrected chi connectivity index (χ1v) is 6.48. The van der Waals surface area contributed by atoms with Gasteiger partial charge in [0.2, 0.25) is 0 Å². The summed E-state index contributed by atoms with van der Waals surface area (Å²) in [7, 11) is 4.03. The number of hydrogen-bond acceptors (Lipinski definition) is 3. The summed E-state index contributed by atoms with van der Waals surface area (Å²) >= 11 is 1.93. The Balaban J connectivity index is 2.80. The predicted octanol–water partition coefficient (Wildman–Crippen LogP) is 2.76. The van der Waals surface area contributed by atoms with Crippen LogP contribution in [-0.2, 0) is 0 Å². The number of hydrogen-bond donors (Lipinski definition) is 2. The second-order valence-corrected chi connectivity index (χ2v) is 6.08. The van der Waals surface area contributed by atoms with Gasteiger partial charge in [-0.15, -0.1) is 0 Å². The molecule has 1 rings (SSSR count). The molecule has 96 valence electrons. The summed E-state index contributed by atoms with van der Waals surface area (Å²) in [6.07, 6.45) is 0. The van der Waals surface area contributed by atoms with Crippen molar-refractivity contribution in [2.24, 2.45) is 0 Å². The Hall–Kier alpha value is -0.560. The SMILES string of the molecule is CN(C)C(C)(C)CNc1cc(F)c(I)cc1N. The number of nitrogens with two attached hydrogens (primary N) is 1. The number of benzene rings is 1. The van der Waals surface area contributed by atoms with Crippen molar-refractivity contribution in [2.75, 3.05) is 31.7 Å². The predicted molar refractivity (Wildman–Crippen MR) is 79.8 cm³/mol. The number of nitrogens with one attached hydrogen (secondary N) is 1. The van der Waals surface area contributed by atoms with Crippen LogP contribution in [0.2, 0.25) is 0 Å². The topological polar surface area (TPSA) is 41.3 Å². The molecule has 0 unspecified atom stereocenters. The zero-order valence-corrected chi connectivity index (χ0v) is 12.8. The number of nitrogens with zero attached hydrogens (tertiary/aromatic N) is 1. The molecule has 0 aromatic heterocycles. The highest BCUT2D eigenvalue weighted by Crippen LogP contribution is 2.25. The summed E-state index contributed by atoms with van der Waals surface area (Å²) in [5, 5.41) is 3.19. The molecule has 17 heavy (non-hydrogen) atoms. The highest BCUT2D eigenvalue weighted by atomic mass is 127. The number of nitrogen functional groups attached to an aromatic ring is 1. The molecule has 0 aliphatic carbocycles. The van der Waals surface area contributed by atoms with Crippen molar-refractivity contribution in [1.82, 2.24) is 4.90 Å². The zero-order chi connectivity index (χ0) is 13.2. The van der Waals surface area contributed by atoms with Gasteiger partial charge in [-0.2, -0.15) is 0 Å². The zero-order valence-electron chi connectivity index (χ0n) is 10.6. The van der Waals surface area contributed by atoms with Gasteiger partial charge in [0.1, 0.15) is 5.82 Å². The Morgan fingerprint density at radius 3 is 2.53 bits per heavy atom. The molecule has 3 nitrogen and oxygen atoms in total. The molecule has 0 atom stereocenters. The van der Waals surface area contributed by atoms with Gasteiger partial charge in [-0.05, 0) is 56.6 Å². The molecule has 0 heterocycles. The van der Waals surface area contributed by atoms with E-state index < -0.39 is 0 Å². The third-order valence-electron chi connectivity index (χ3n) is 3.01. The van der Waals surface area contributed by atoms with E-state index in [-0.39, 0.29) is 11.4 Å². The fourth-order valence-electron chi connectivity index (χ4n) is 1.18. The third kappa shape index (κ3) is 3.70. The van der Waals surface area contributed by atoms with Crippen LogP contribution >= 0.6 is 22.6 Å². The van der Waals surface area contributed by atoms with Crippen LogP contribution in [0.1, 0.15) is 13.8 Å². The Morgan fingerprint density at radius 2 is 2.00 bits per heavy atom. The van der Waals surface area contributed by atoms with Crippen LogP contribution in [0.5, 0.6) is 0 Å². The minimum Gasteiger partial charge on any atom is -0.397 e. The molecular formula is C12H19FIN3. The van der Waals surface area contributed by atoms with E-state index in [1.807, 2.05) is 36.7 Å². The van der Waals surface area contributed by atoms with E-state index in [0.717, 1.165) is 0 Å². The molecule has 1 aromatic carbocycles. The van der Waals surface area contributed by atoms with E-state index in [1.165, 1.54) is 6.07 Å². The molecular weight excluding hydrogens is 332 g/mol. The Bertz CT molecular complexity index is 405. The summed E-state index contributed by atoms with van der Waals surface area (Å²) in [6.45, 7) is 4.92. The summed E-state index contributed by atoms with van der Waals surface area (Å²) in [6, 6.07) is 3.09. The van der Waals surface area contributed by atoms with Crippen LogP contribution in [0, 0.1) is 9.39 Å². The highest BCUT2D eigenvalue weighted by molar-refractivity contribution is 14.1. The van der Waals surface area contributed by atoms with E-state index >= 15 is 0 Å². The first-order chi connectivity index (χ1) is 7.74. The van der Waals surface area contributed by atoms with E-state index in [9.17, 15) is 4.39 Å². The van der Waals surface area contributed by atoms with Crippen molar-refractivity contribution in [3.05, 3.63) is 21.5 Å². The van der Waals surface area contributed by atoms with Gasteiger partial charge >= 0.3 is 0 Å². The lowest BCUT2D eigenvalue weighted by Crippen LogP contribution is -2.44. The maximum Gasteiger partial charge on any atom is 0.138 e. The molecule has 1 aromatic rings. The lowest BCUT2D eigenvalue weighted by atomic mass is 10.0. The second kappa shape index (κ2) is 5.39. The van der Waals surface area contributed by atoms with Crippen molar-refractivity contribution < 1.29 is 4.39 Å². The molecule has 0 saturated heterocycles. The first-order valence-electron chi connectivity index (χ1n) is 5.40. The molecule has 0 fully saturated rings. The standard InChI is InChI=1S/C12H19FIN3/c1-12(2,17(3)4)7-16-11-5-8(13)9(14)6-10(11)15/h5-6,16H,7,15H2,1-4H3. The highest BCUT2D eigenvalue weighted by Gasteiger charge is 2.20. The van der Waals surface area contributed by atoms with Gasteiger partial charge in [0.15, 0.2) is 0 Å². The van der Waals surface area contributed by atoms with Crippen LogP contribution in [-0.4, -0.2) is 31.1 Å². The molecule has 0 aliphatic heterocycles. The second-order valence-electron chi connectivity index (χ2n) is 4.91. The van der Waals surface area contributed by atoms with Crippen molar-refractivity contribution >= 4 is 34.0 Å². The van der Waals surface area contributed by atoms with Gasteiger partial charge in [0, 0.05) is 18.2 Å². The van der Waals surface area contributed by atoms with E-state index in [4.69, 9.17) is 5.73 Å². The third-order valence-corrected chi connectivity index (χ3v) is 3.84. The van der Waals surface area contributed by atoms with E-state index in [0.29, 0.717) is 21.5 Å². The number of rotatable bonds is 4. The Labute approximate surface area is 116 Å². The van der Waals surface area contributed by atoms with Crippen molar-refractivity contribution in [1.29, 1.82) is 0 Å². The molecule has 0 bridgehead atoms. The maximum absolute atomic E-state index is 13.4. The van der Waals surface area contributed by atoms with Crippen LogP contribution in [0.3, 0.4) is 0 Å². The van der Waals surface area contributed by atoms with Gasteiger partial charge in [-0.1, -0.05) is 0 Å². The molecule has 0 spiro atoms. The number of likely N-dealkylation sites (N-methyl/N-ethyl adjacent to an activating group) is 1. The van der Waals surface area contributed by atoms with Crippen LogP contribution < -0.4 is 11.1 Å². The monoisotopic (exact) mass is 351 g/mol. The van der Waals surface area contributed by atoms with Crippen LogP contribution in [0.25, 0.3) is 0 Å². The summed E-state index contributed by atoms with van der Waals surface area (Å²) in [5.41, 5.74) is 7.05. The Kier molecular flexibility index (Phi) is 4.60. The molecule has 0 radical (unpaired) electrons. The summed E-state index contributed by atoms with van der Waals surface area (Å²) < 4.78 is 14.0. The summed E-state index contributed by atoms with van der Waals surface area (Å²) in [5.74, 6) is -0.245. The normalized spacial score (nSPS) is 11.9. The molecule has 0 amide bonds. The smallest absolute Gasteiger partial charge is 0.138 e. The largest absolute Gasteiger partial charge is 0.397 e. The van der Waals surface area contributed by atoms with Crippen LogP contribution in [0.4, 0.5) is 15.8 Å². The minimum atomic E-state index is -0.245. The van der Waals surface area contributed by atoms with Gasteiger partial charge in [0.05, 0.1) is 14.9 Å². The van der Waals surface area contributed by atoms with Gasteiger partial charge < -0.3 is 16.0 Å². The average Bonchev–Trinajstić information content (AvgIpc) is 2.21. The quantitative estimate of drug-likeness (QED) is 0.648.